The number of aryl methyl sites for hydroxylation is 1. The maximum Gasteiger partial charge on any atom is 0.233 e. The number of nitrogens with zero attached hydrogens (tertiary/aromatic N) is 2. The first kappa shape index (κ1) is 24.0. The molecule has 180 valence electrons. The van der Waals surface area contributed by atoms with E-state index in [9.17, 15) is 14.4 Å². The van der Waals surface area contributed by atoms with Gasteiger partial charge in [0.1, 0.15) is 0 Å². The predicted molar refractivity (Wildman–Crippen MR) is 132 cm³/mol. The zero-order valence-electron chi connectivity index (χ0n) is 20.0. The molecule has 0 spiro atoms. The molecule has 1 N–H and O–H groups in total. The minimum absolute atomic E-state index is 0.0675. The van der Waals surface area contributed by atoms with E-state index in [0.29, 0.717) is 45.4 Å². The molecule has 3 amide bonds. The first-order valence-corrected chi connectivity index (χ1v) is 12.4. The van der Waals surface area contributed by atoms with Crippen molar-refractivity contribution >= 4 is 17.7 Å². The molecule has 2 aliphatic heterocycles. The van der Waals surface area contributed by atoms with E-state index in [1.807, 2.05) is 70.5 Å². The number of benzene rings is 2. The Bertz CT molecular complexity index is 976. The van der Waals surface area contributed by atoms with Crippen LogP contribution in [-0.4, -0.2) is 59.7 Å². The lowest BCUT2D eigenvalue weighted by Crippen LogP contribution is -2.56. The van der Waals surface area contributed by atoms with Crippen LogP contribution in [0.1, 0.15) is 50.2 Å². The Morgan fingerprint density at radius 1 is 0.853 bits per heavy atom. The molecule has 0 atom stereocenters. The van der Waals surface area contributed by atoms with Crippen molar-refractivity contribution in [3.8, 4) is 0 Å². The lowest BCUT2D eigenvalue weighted by atomic mass is 9.71. The summed E-state index contributed by atoms with van der Waals surface area (Å²) in [7, 11) is 0. The van der Waals surface area contributed by atoms with E-state index in [1.165, 1.54) is 5.56 Å². The molecule has 0 bridgehead atoms. The molecule has 0 radical (unpaired) electrons. The fourth-order valence-corrected chi connectivity index (χ4v) is 5.32. The number of hydrogen-bond donors (Lipinski definition) is 1. The maximum absolute atomic E-state index is 13.9. The van der Waals surface area contributed by atoms with Gasteiger partial charge in [-0.3, -0.25) is 14.4 Å². The van der Waals surface area contributed by atoms with Crippen LogP contribution in [-0.2, 0) is 26.2 Å². The van der Waals surface area contributed by atoms with Gasteiger partial charge in [-0.15, -0.1) is 0 Å². The molecule has 2 saturated heterocycles. The van der Waals surface area contributed by atoms with Crippen LogP contribution >= 0.6 is 0 Å². The van der Waals surface area contributed by atoms with Crippen LogP contribution in [0.3, 0.4) is 0 Å². The highest BCUT2D eigenvalue weighted by Crippen LogP contribution is 2.38. The quantitative estimate of drug-likeness (QED) is 0.718. The third-order valence-corrected chi connectivity index (χ3v) is 7.43. The van der Waals surface area contributed by atoms with Gasteiger partial charge in [0.05, 0.1) is 5.41 Å². The van der Waals surface area contributed by atoms with Crippen LogP contribution < -0.4 is 5.32 Å². The Morgan fingerprint density at radius 2 is 1.44 bits per heavy atom. The standard InChI is InChI=1S/C28H35N3O3/c1-22(32)30-20-16-28(17-21-30,24-10-6-3-7-11-24)27(34)31-18-14-25(15-19-31)29-26(33)13-12-23-8-4-2-5-9-23/h2-11,25H,12-21H2,1H3,(H,29,33). The van der Waals surface area contributed by atoms with Crippen LogP contribution in [0.4, 0.5) is 0 Å². The van der Waals surface area contributed by atoms with Crippen molar-refractivity contribution < 1.29 is 14.4 Å². The summed E-state index contributed by atoms with van der Waals surface area (Å²) < 4.78 is 0. The summed E-state index contributed by atoms with van der Waals surface area (Å²) in [5, 5.41) is 3.17. The van der Waals surface area contributed by atoms with E-state index in [2.05, 4.69) is 5.32 Å². The van der Waals surface area contributed by atoms with E-state index in [4.69, 9.17) is 0 Å². The van der Waals surface area contributed by atoms with Crippen LogP contribution in [0.25, 0.3) is 0 Å². The highest BCUT2D eigenvalue weighted by atomic mass is 16.2. The van der Waals surface area contributed by atoms with E-state index in [-0.39, 0.29) is 23.8 Å². The van der Waals surface area contributed by atoms with Crippen molar-refractivity contribution in [1.82, 2.24) is 15.1 Å². The number of nitrogens with one attached hydrogen (secondary N) is 1. The van der Waals surface area contributed by atoms with Crippen molar-refractivity contribution in [3.63, 3.8) is 0 Å². The second-order valence-corrected chi connectivity index (χ2v) is 9.57. The smallest absolute Gasteiger partial charge is 0.233 e. The summed E-state index contributed by atoms with van der Waals surface area (Å²) >= 11 is 0. The number of amides is 3. The van der Waals surface area contributed by atoms with Gasteiger partial charge in [-0.25, -0.2) is 0 Å². The minimum Gasteiger partial charge on any atom is -0.353 e. The number of carbonyl (C=O) groups excluding carboxylic acids is 3. The van der Waals surface area contributed by atoms with Gasteiger partial charge in [0.25, 0.3) is 0 Å². The summed E-state index contributed by atoms with van der Waals surface area (Å²) in [6.45, 7) is 4.09. The van der Waals surface area contributed by atoms with Gasteiger partial charge in [0, 0.05) is 45.6 Å². The molecule has 2 aromatic rings. The zero-order valence-corrected chi connectivity index (χ0v) is 20.0. The normalized spacial score (nSPS) is 18.4. The molecular weight excluding hydrogens is 426 g/mol. The summed E-state index contributed by atoms with van der Waals surface area (Å²) in [5.74, 6) is 0.305. The van der Waals surface area contributed by atoms with Crippen LogP contribution in [0.2, 0.25) is 0 Å². The minimum atomic E-state index is -0.584. The second kappa shape index (κ2) is 10.9. The molecule has 0 aliphatic carbocycles. The molecule has 34 heavy (non-hydrogen) atoms. The first-order chi connectivity index (χ1) is 16.5. The molecular formula is C28H35N3O3. The number of likely N-dealkylation sites (tertiary alicyclic amines) is 2. The summed E-state index contributed by atoms with van der Waals surface area (Å²) in [4.78, 5) is 42.0. The predicted octanol–water partition coefficient (Wildman–Crippen LogP) is 3.31. The van der Waals surface area contributed by atoms with Gasteiger partial charge < -0.3 is 15.1 Å². The van der Waals surface area contributed by atoms with Gasteiger partial charge in [-0.2, -0.15) is 0 Å². The number of piperidine rings is 2. The zero-order chi connectivity index (χ0) is 24.0. The highest BCUT2D eigenvalue weighted by Gasteiger charge is 2.45. The Hall–Kier alpha value is -3.15. The van der Waals surface area contributed by atoms with Gasteiger partial charge in [-0.1, -0.05) is 60.7 Å². The third kappa shape index (κ3) is 5.49. The summed E-state index contributed by atoms with van der Waals surface area (Å²) in [6.07, 6.45) is 4.05. The Labute approximate surface area is 202 Å². The monoisotopic (exact) mass is 461 g/mol. The number of carbonyl (C=O) groups is 3. The molecule has 2 fully saturated rings. The molecule has 6 heteroatoms. The molecule has 0 saturated carbocycles. The van der Waals surface area contributed by atoms with Gasteiger partial charge in [-0.05, 0) is 43.2 Å². The molecule has 2 aromatic carbocycles. The fraction of sp³-hybridized carbons (Fsp3) is 0.464. The van der Waals surface area contributed by atoms with Crippen molar-refractivity contribution in [2.75, 3.05) is 26.2 Å². The molecule has 0 aromatic heterocycles. The van der Waals surface area contributed by atoms with Gasteiger partial charge in [0.2, 0.25) is 17.7 Å². The molecule has 4 rings (SSSR count). The first-order valence-electron chi connectivity index (χ1n) is 12.4. The maximum atomic E-state index is 13.9. The average molecular weight is 462 g/mol. The summed E-state index contributed by atoms with van der Waals surface area (Å²) in [5.41, 5.74) is 1.62. The molecule has 6 nitrogen and oxygen atoms in total. The van der Waals surface area contributed by atoms with E-state index in [1.54, 1.807) is 6.92 Å². The van der Waals surface area contributed by atoms with Crippen LogP contribution in [0.15, 0.2) is 60.7 Å². The lowest BCUT2D eigenvalue weighted by Gasteiger charge is -2.45. The lowest BCUT2D eigenvalue weighted by molar-refractivity contribution is -0.143. The summed E-state index contributed by atoms with van der Waals surface area (Å²) in [6, 6.07) is 20.2. The SMILES string of the molecule is CC(=O)N1CCC(C(=O)N2CCC(NC(=O)CCc3ccccc3)CC2)(c2ccccc2)CC1. The molecule has 2 aliphatic rings. The fourth-order valence-electron chi connectivity index (χ4n) is 5.32. The van der Waals surface area contributed by atoms with Crippen LogP contribution in [0.5, 0.6) is 0 Å². The topological polar surface area (TPSA) is 69.7 Å². The highest BCUT2D eigenvalue weighted by molar-refractivity contribution is 5.89. The third-order valence-electron chi connectivity index (χ3n) is 7.43. The van der Waals surface area contributed by atoms with E-state index in [0.717, 1.165) is 24.8 Å². The van der Waals surface area contributed by atoms with Crippen molar-refractivity contribution in [3.05, 3.63) is 71.8 Å². The molecule has 2 heterocycles. The van der Waals surface area contributed by atoms with E-state index >= 15 is 0 Å². The van der Waals surface area contributed by atoms with Crippen molar-refractivity contribution in [2.24, 2.45) is 0 Å². The number of hydrogen-bond acceptors (Lipinski definition) is 3. The Balaban J connectivity index is 1.34. The van der Waals surface area contributed by atoms with E-state index < -0.39 is 5.41 Å². The molecule has 0 unspecified atom stereocenters. The van der Waals surface area contributed by atoms with Gasteiger partial charge >= 0.3 is 0 Å². The second-order valence-electron chi connectivity index (χ2n) is 9.57. The average Bonchev–Trinajstić information content (AvgIpc) is 2.88. The van der Waals surface area contributed by atoms with Crippen molar-refractivity contribution in [2.45, 2.75) is 56.9 Å². The largest absolute Gasteiger partial charge is 0.353 e. The van der Waals surface area contributed by atoms with Crippen molar-refractivity contribution in [1.29, 1.82) is 0 Å². The van der Waals surface area contributed by atoms with Gasteiger partial charge in [0.15, 0.2) is 0 Å². The van der Waals surface area contributed by atoms with Crippen LogP contribution in [0, 0.1) is 0 Å². The number of rotatable bonds is 6. The Kier molecular flexibility index (Phi) is 7.66. The Morgan fingerprint density at radius 3 is 2.03 bits per heavy atom.